The molecule has 0 saturated carbocycles. The molecule has 1 saturated heterocycles. The molecule has 1 atom stereocenters. The normalized spacial score (nSPS) is 20.6. The number of halogens is 1. The smallest absolute Gasteiger partial charge is 0.263 e. The highest BCUT2D eigenvalue weighted by Gasteiger charge is 2.37. The molecule has 2 aromatic carbocycles. The molecule has 0 spiro atoms. The van der Waals surface area contributed by atoms with Crippen molar-refractivity contribution >= 4 is 41.7 Å². The molecule has 0 radical (unpaired) electrons. The van der Waals surface area contributed by atoms with Crippen molar-refractivity contribution in [3.63, 3.8) is 0 Å². The topological polar surface area (TPSA) is 74.8 Å². The van der Waals surface area contributed by atoms with Crippen LogP contribution in [0.3, 0.4) is 0 Å². The van der Waals surface area contributed by atoms with Crippen LogP contribution in [0.15, 0.2) is 56.7 Å². The summed E-state index contributed by atoms with van der Waals surface area (Å²) in [6.45, 7) is 2.93. The fourth-order valence-corrected chi connectivity index (χ4v) is 7.61. The summed E-state index contributed by atoms with van der Waals surface area (Å²) in [7, 11) is -7.29. The third-order valence-corrected chi connectivity index (χ3v) is 9.89. The molecule has 4 rings (SSSR count). The number of nitrogens with zero attached hydrogens (tertiary/aromatic N) is 2. The number of fused-ring (bicyclic) bond motifs is 1. The summed E-state index contributed by atoms with van der Waals surface area (Å²) in [4.78, 5) is 0.457. The van der Waals surface area contributed by atoms with Gasteiger partial charge in [-0.3, -0.25) is 4.31 Å². The average molecular weight is 499 g/mol. The van der Waals surface area contributed by atoms with Crippen molar-refractivity contribution in [3.05, 3.63) is 52.5 Å². The Hall–Kier alpha value is -1.42. The Labute approximate surface area is 180 Å². The van der Waals surface area contributed by atoms with E-state index in [9.17, 15) is 16.8 Å². The standard InChI is InChI=1S/C20H23BrN2O4S2/c1-15-13-16-14-19(28(24,25)22-11-3-2-4-12-22)9-10-20(16)23(15)29(26,27)18-7-5-17(21)6-8-18/h5-10,14-15H,2-4,11-13H2,1H3/t15-/m0/s1. The minimum atomic E-state index is -3.73. The monoisotopic (exact) mass is 498 g/mol. The van der Waals surface area contributed by atoms with E-state index in [1.54, 1.807) is 36.4 Å². The van der Waals surface area contributed by atoms with Crippen LogP contribution in [0.1, 0.15) is 31.7 Å². The van der Waals surface area contributed by atoms with Gasteiger partial charge in [-0.05, 0) is 74.2 Å². The number of piperidine rings is 1. The van der Waals surface area contributed by atoms with E-state index in [2.05, 4.69) is 15.9 Å². The number of rotatable bonds is 4. The molecule has 2 aliphatic heterocycles. The van der Waals surface area contributed by atoms with E-state index in [0.29, 0.717) is 25.2 Å². The first-order valence-electron chi connectivity index (χ1n) is 9.64. The van der Waals surface area contributed by atoms with Crippen LogP contribution >= 0.6 is 15.9 Å². The lowest BCUT2D eigenvalue weighted by molar-refractivity contribution is 0.346. The first-order valence-corrected chi connectivity index (χ1v) is 13.3. The highest BCUT2D eigenvalue weighted by molar-refractivity contribution is 9.10. The molecule has 0 aliphatic carbocycles. The van der Waals surface area contributed by atoms with Gasteiger partial charge in [0.15, 0.2) is 0 Å². The van der Waals surface area contributed by atoms with Crippen LogP contribution in [-0.4, -0.2) is 40.3 Å². The van der Waals surface area contributed by atoms with Crippen LogP contribution in [-0.2, 0) is 26.5 Å². The molecule has 2 heterocycles. The third-order valence-electron chi connectivity index (χ3n) is 5.53. The first-order chi connectivity index (χ1) is 13.7. The van der Waals surface area contributed by atoms with Crippen LogP contribution in [0.25, 0.3) is 0 Å². The second-order valence-electron chi connectivity index (χ2n) is 7.56. The highest BCUT2D eigenvalue weighted by atomic mass is 79.9. The van der Waals surface area contributed by atoms with E-state index < -0.39 is 20.0 Å². The molecule has 29 heavy (non-hydrogen) atoms. The fraction of sp³-hybridized carbons (Fsp3) is 0.400. The molecule has 2 aromatic rings. The third kappa shape index (κ3) is 3.73. The number of anilines is 1. The SMILES string of the molecule is C[C@H]1Cc2cc(S(=O)(=O)N3CCCCC3)ccc2N1S(=O)(=O)c1ccc(Br)cc1. The van der Waals surface area contributed by atoms with Crippen LogP contribution in [0, 0.1) is 0 Å². The molecule has 1 fully saturated rings. The number of benzene rings is 2. The van der Waals surface area contributed by atoms with Gasteiger partial charge in [0.05, 0.1) is 15.5 Å². The van der Waals surface area contributed by atoms with E-state index in [0.717, 1.165) is 29.3 Å². The van der Waals surface area contributed by atoms with E-state index in [1.807, 2.05) is 6.92 Å². The first kappa shape index (κ1) is 20.8. The summed E-state index contributed by atoms with van der Waals surface area (Å²) in [6, 6.07) is 11.1. The molecule has 0 aromatic heterocycles. The zero-order valence-corrected chi connectivity index (χ0v) is 19.3. The van der Waals surface area contributed by atoms with E-state index >= 15 is 0 Å². The van der Waals surface area contributed by atoms with Gasteiger partial charge >= 0.3 is 0 Å². The van der Waals surface area contributed by atoms with E-state index in [-0.39, 0.29) is 15.8 Å². The molecule has 0 amide bonds. The summed E-state index contributed by atoms with van der Waals surface area (Å²) in [5.41, 5.74) is 1.30. The van der Waals surface area contributed by atoms with Crippen LogP contribution in [0.5, 0.6) is 0 Å². The molecular formula is C20H23BrN2O4S2. The largest absolute Gasteiger partial charge is 0.264 e. The average Bonchev–Trinajstić information content (AvgIpc) is 3.04. The van der Waals surface area contributed by atoms with E-state index in [1.165, 1.54) is 14.7 Å². The van der Waals surface area contributed by atoms with Gasteiger partial charge in [0.25, 0.3) is 10.0 Å². The van der Waals surface area contributed by atoms with Gasteiger partial charge in [-0.1, -0.05) is 22.4 Å². The Bertz CT molecular complexity index is 1130. The minimum Gasteiger partial charge on any atom is -0.263 e. The summed E-state index contributed by atoms with van der Waals surface area (Å²) in [6.07, 6.45) is 3.28. The molecule has 156 valence electrons. The van der Waals surface area contributed by atoms with Gasteiger partial charge in [0, 0.05) is 23.6 Å². The minimum absolute atomic E-state index is 0.213. The van der Waals surface area contributed by atoms with Crippen molar-refractivity contribution in [2.24, 2.45) is 0 Å². The van der Waals surface area contributed by atoms with E-state index in [4.69, 9.17) is 0 Å². The summed E-state index contributed by atoms with van der Waals surface area (Å²) in [5.74, 6) is 0. The maximum Gasteiger partial charge on any atom is 0.264 e. The van der Waals surface area contributed by atoms with Gasteiger partial charge in [-0.15, -0.1) is 0 Å². The Kier molecular flexibility index (Phi) is 5.52. The lowest BCUT2D eigenvalue weighted by Gasteiger charge is -2.26. The second kappa shape index (κ2) is 7.68. The van der Waals surface area contributed by atoms with Crippen LogP contribution < -0.4 is 4.31 Å². The van der Waals surface area contributed by atoms with Gasteiger partial charge in [0.2, 0.25) is 10.0 Å². The van der Waals surface area contributed by atoms with Crippen molar-refractivity contribution < 1.29 is 16.8 Å². The molecule has 6 nitrogen and oxygen atoms in total. The Morgan fingerprint density at radius 2 is 1.48 bits per heavy atom. The Morgan fingerprint density at radius 1 is 0.862 bits per heavy atom. The number of sulfonamides is 2. The highest BCUT2D eigenvalue weighted by Crippen LogP contribution is 2.38. The van der Waals surface area contributed by atoms with Crippen molar-refractivity contribution in [2.45, 2.75) is 48.4 Å². The van der Waals surface area contributed by atoms with Crippen molar-refractivity contribution in [1.82, 2.24) is 4.31 Å². The maximum absolute atomic E-state index is 13.2. The van der Waals surface area contributed by atoms with Gasteiger partial charge in [0.1, 0.15) is 0 Å². The van der Waals surface area contributed by atoms with Crippen molar-refractivity contribution in [3.8, 4) is 0 Å². The molecular weight excluding hydrogens is 476 g/mol. The zero-order valence-electron chi connectivity index (χ0n) is 16.1. The van der Waals surface area contributed by atoms with Gasteiger partial charge in [-0.25, -0.2) is 16.8 Å². The van der Waals surface area contributed by atoms with Gasteiger partial charge in [-0.2, -0.15) is 4.31 Å². The zero-order chi connectivity index (χ0) is 20.8. The quantitative estimate of drug-likeness (QED) is 0.642. The van der Waals surface area contributed by atoms with Gasteiger partial charge < -0.3 is 0 Å². The Balaban J connectivity index is 1.70. The molecule has 9 heteroatoms. The summed E-state index contributed by atoms with van der Waals surface area (Å²) >= 11 is 3.32. The lowest BCUT2D eigenvalue weighted by Crippen LogP contribution is -2.36. The molecule has 0 N–H and O–H groups in total. The molecule has 2 aliphatic rings. The summed E-state index contributed by atoms with van der Waals surface area (Å²) < 4.78 is 56.2. The Morgan fingerprint density at radius 3 is 2.14 bits per heavy atom. The lowest BCUT2D eigenvalue weighted by atomic mass is 10.1. The molecule has 0 bridgehead atoms. The number of hydrogen-bond donors (Lipinski definition) is 0. The summed E-state index contributed by atoms with van der Waals surface area (Å²) in [5, 5.41) is 0. The fourth-order valence-electron chi connectivity index (χ4n) is 4.08. The second-order valence-corrected chi connectivity index (χ2v) is 12.2. The number of hydrogen-bond acceptors (Lipinski definition) is 4. The van der Waals surface area contributed by atoms with Crippen LogP contribution in [0.4, 0.5) is 5.69 Å². The van der Waals surface area contributed by atoms with Crippen molar-refractivity contribution in [1.29, 1.82) is 0 Å². The predicted octanol–water partition coefficient (Wildman–Crippen LogP) is 3.76. The maximum atomic E-state index is 13.2. The van der Waals surface area contributed by atoms with Crippen molar-refractivity contribution in [2.75, 3.05) is 17.4 Å². The van der Waals surface area contributed by atoms with Crippen LogP contribution in [0.2, 0.25) is 0 Å². The predicted molar refractivity (Wildman–Crippen MR) is 116 cm³/mol. The molecule has 0 unspecified atom stereocenters.